The van der Waals surface area contributed by atoms with E-state index in [-0.39, 0.29) is 17.5 Å². The largest absolute Gasteiger partial charge is 0.466 e. The molecule has 0 fully saturated rings. The third kappa shape index (κ3) is 3.51. The number of aryl methyl sites for hydroxylation is 2. The van der Waals surface area contributed by atoms with Gasteiger partial charge in [0.1, 0.15) is 0 Å². The van der Waals surface area contributed by atoms with Crippen LogP contribution >= 0.6 is 15.9 Å². The molecule has 1 atom stereocenters. The second kappa shape index (κ2) is 8.48. The van der Waals surface area contributed by atoms with E-state index in [1.54, 1.807) is 0 Å². The molecule has 0 amide bonds. The van der Waals surface area contributed by atoms with Crippen molar-refractivity contribution in [2.24, 2.45) is 13.0 Å². The molecule has 7 nitrogen and oxygen atoms in total. The van der Waals surface area contributed by atoms with Gasteiger partial charge in [-0.05, 0) is 61.1 Å². The molecule has 8 heteroatoms. The van der Waals surface area contributed by atoms with E-state index in [0.717, 1.165) is 50.6 Å². The Morgan fingerprint density at radius 2 is 1.94 bits per heavy atom. The van der Waals surface area contributed by atoms with Crippen molar-refractivity contribution in [2.75, 3.05) is 6.61 Å². The fraction of sp³-hybridized carbons (Fsp3) is 0.250. The molecular weight excluding hydrogens is 524 g/mol. The van der Waals surface area contributed by atoms with Gasteiger partial charge in [-0.3, -0.25) is 4.79 Å². The Morgan fingerprint density at radius 3 is 2.75 bits per heavy atom. The van der Waals surface area contributed by atoms with Crippen LogP contribution in [0.25, 0.3) is 27.6 Å². The standard InChI is InChI=1S/C28H23BrN2O5/c1-15(32)35-14-16-6-8-22-19(11-16)24(23-5-3-4-10-31(22)23)26-25(27(33)36-28(26)34)20-13-30(2)21-9-7-17(29)12-18(20)21/h3-5,7,9-10,12-13,16H,6,8,11,14H2,1-2H3. The zero-order valence-corrected chi connectivity index (χ0v) is 21.4. The minimum absolute atomic E-state index is 0.128. The molecule has 0 N–H and O–H groups in total. The average Bonchev–Trinajstić information content (AvgIpc) is 3.45. The summed E-state index contributed by atoms with van der Waals surface area (Å²) in [4.78, 5) is 37.9. The molecule has 6 rings (SSSR count). The Labute approximate surface area is 215 Å². The lowest BCUT2D eigenvalue weighted by Gasteiger charge is -2.23. The molecule has 1 aromatic carbocycles. The van der Waals surface area contributed by atoms with Gasteiger partial charge in [0.25, 0.3) is 0 Å². The van der Waals surface area contributed by atoms with Crippen LogP contribution in [0.2, 0.25) is 0 Å². The van der Waals surface area contributed by atoms with Crippen LogP contribution in [-0.2, 0) is 43.7 Å². The zero-order valence-electron chi connectivity index (χ0n) is 19.8. The highest BCUT2D eigenvalue weighted by atomic mass is 79.9. The number of pyridine rings is 1. The van der Waals surface area contributed by atoms with Crippen LogP contribution in [0.15, 0.2) is 53.3 Å². The number of halogens is 1. The molecule has 0 saturated heterocycles. The van der Waals surface area contributed by atoms with Gasteiger partial charge in [0.15, 0.2) is 0 Å². The number of fused-ring (bicyclic) bond motifs is 4. The number of hydrogen-bond acceptors (Lipinski definition) is 5. The Bertz CT molecular complexity index is 1640. The number of rotatable bonds is 4. The highest BCUT2D eigenvalue weighted by Crippen LogP contribution is 2.44. The van der Waals surface area contributed by atoms with Crippen LogP contribution in [0, 0.1) is 5.92 Å². The molecule has 1 aliphatic carbocycles. The fourth-order valence-electron chi connectivity index (χ4n) is 5.63. The summed E-state index contributed by atoms with van der Waals surface area (Å²) in [5.74, 6) is -1.45. The van der Waals surface area contributed by atoms with Gasteiger partial charge in [-0.15, -0.1) is 0 Å². The first kappa shape index (κ1) is 22.8. The van der Waals surface area contributed by atoms with E-state index in [0.29, 0.717) is 24.2 Å². The van der Waals surface area contributed by atoms with Crippen molar-refractivity contribution >= 4 is 61.4 Å². The van der Waals surface area contributed by atoms with Crippen LogP contribution in [0.5, 0.6) is 0 Å². The van der Waals surface area contributed by atoms with Crippen molar-refractivity contribution < 1.29 is 23.9 Å². The van der Waals surface area contributed by atoms with Gasteiger partial charge in [-0.25, -0.2) is 9.59 Å². The summed E-state index contributed by atoms with van der Waals surface area (Å²) in [5.41, 5.74) is 5.89. The number of carbonyl (C=O) groups excluding carboxylic acids is 3. The number of benzene rings is 1. The summed E-state index contributed by atoms with van der Waals surface area (Å²) in [6.45, 7) is 1.74. The number of carbonyl (C=O) groups is 3. The molecule has 0 saturated carbocycles. The molecule has 3 aromatic heterocycles. The number of hydrogen-bond donors (Lipinski definition) is 0. The molecule has 36 heavy (non-hydrogen) atoms. The van der Waals surface area contributed by atoms with E-state index in [2.05, 4.69) is 20.3 Å². The van der Waals surface area contributed by atoms with Crippen molar-refractivity contribution in [2.45, 2.75) is 26.2 Å². The number of esters is 3. The summed E-state index contributed by atoms with van der Waals surface area (Å²) in [7, 11) is 1.91. The number of cyclic esters (lactones) is 2. The van der Waals surface area contributed by atoms with E-state index in [4.69, 9.17) is 9.47 Å². The van der Waals surface area contributed by atoms with Crippen LogP contribution < -0.4 is 0 Å². The van der Waals surface area contributed by atoms with Gasteiger partial charge in [-0.2, -0.15) is 0 Å². The highest BCUT2D eigenvalue weighted by molar-refractivity contribution is 9.10. The first-order valence-electron chi connectivity index (χ1n) is 11.8. The first-order valence-corrected chi connectivity index (χ1v) is 12.6. The van der Waals surface area contributed by atoms with Gasteiger partial charge in [0.05, 0.1) is 23.3 Å². The Kier molecular flexibility index (Phi) is 5.37. The summed E-state index contributed by atoms with van der Waals surface area (Å²) in [6.07, 6.45) is 6.15. The van der Waals surface area contributed by atoms with E-state index >= 15 is 0 Å². The first-order chi connectivity index (χ1) is 17.3. The Hall–Kier alpha value is -3.65. The molecule has 0 bridgehead atoms. The van der Waals surface area contributed by atoms with Gasteiger partial charge in [0.2, 0.25) is 0 Å². The predicted molar refractivity (Wildman–Crippen MR) is 138 cm³/mol. The van der Waals surface area contributed by atoms with E-state index in [1.807, 2.05) is 60.4 Å². The minimum atomic E-state index is -0.640. The van der Waals surface area contributed by atoms with E-state index in [9.17, 15) is 14.4 Å². The quantitative estimate of drug-likeness (QED) is 0.270. The maximum absolute atomic E-state index is 13.3. The predicted octanol–water partition coefficient (Wildman–Crippen LogP) is 4.86. The van der Waals surface area contributed by atoms with Crippen LogP contribution in [0.4, 0.5) is 0 Å². The lowest BCUT2D eigenvalue weighted by atomic mass is 9.83. The Morgan fingerprint density at radius 1 is 1.14 bits per heavy atom. The molecule has 2 aliphatic rings. The van der Waals surface area contributed by atoms with Gasteiger partial charge < -0.3 is 18.4 Å². The maximum Gasteiger partial charge on any atom is 0.347 e. The molecule has 1 aliphatic heterocycles. The average molecular weight is 547 g/mol. The molecule has 1 unspecified atom stereocenters. The van der Waals surface area contributed by atoms with Gasteiger partial charge in [0, 0.05) is 58.6 Å². The number of nitrogens with zero attached hydrogens (tertiary/aromatic N) is 2. The third-order valence-corrected chi connectivity index (χ3v) is 7.67. The fourth-order valence-corrected chi connectivity index (χ4v) is 5.99. The molecule has 4 aromatic rings. The second-order valence-electron chi connectivity index (χ2n) is 9.41. The third-order valence-electron chi connectivity index (χ3n) is 7.18. The summed E-state index contributed by atoms with van der Waals surface area (Å²) in [6, 6.07) is 11.7. The van der Waals surface area contributed by atoms with Crippen molar-refractivity contribution in [1.29, 1.82) is 0 Å². The van der Waals surface area contributed by atoms with Crippen molar-refractivity contribution in [3.63, 3.8) is 0 Å². The maximum atomic E-state index is 13.3. The second-order valence-corrected chi connectivity index (χ2v) is 10.3. The van der Waals surface area contributed by atoms with Gasteiger partial charge in [-0.1, -0.05) is 22.0 Å². The molecule has 0 spiro atoms. The monoisotopic (exact) mass is 546 g/mol. The van der Waals surface area contributed by atoms with Crippen molar-refractivity contribution in [3.05, 3.63) is 75.6 Å². The Balaban J connectivity index is 1.62. The molecule has 0 radical (unpaired) electrons. The molecular formula is C28H23BrN2O5. The van der Waals surface area contributed by atoms with E-state index < -0.39 is 11.9 Å². The summed E-state index contributed by atoms with van der Waals surface area (Å²) >= 11 is 3.53. The van der Waals surface area contributed by atoms with Crippen LogP contribution in [-0.4, -0.2) is 33.5 Å². The SMILES string of the molecule is CC(=O)OCC1CCc2c(c(C3=C(c4cn(C)c5ccc(Br)cc45)C(=O)OC3=O)c3ccccn23)C1. The topological polar surface area (TPSA) is 79.0 Å². The highest BCUT2D eigenvalue weighted by Gasteiger charge is 2.40. The molecule has 182 valence electrons. The minimum Gasteiger partial charge on any atom is -0.466 e. The van der Waals surface area contributed by atoms with Crippen molar-refractivity contribution in [1.82, 2.24) is 8.97 Å². The van der Waals surface area contributed by atoms with Crippen LogP contribution in [0.3, 0.4) is 0 Å². The molecule has 4 heterocycles. The summed E-state index contributed by atoms with van der Waals surface area (Å²) in [5, 5.41) is 0.858. The lowest BCUT2D eigenvalue weighted by Crippen LogP contribution is -2.21. The smallest absolute Gasteiger partial charge is 0.347 e. The normalized spacial score (nSPS) is 17.7. The number of ether oxygens (including phenoxy) is 2. The van der Waals surface area contributed by atoms with E-state index in [1.165, 1.54) is 6.92 Å². The lowest BCUT2D eigenvalue weighted by molar-refractivity contribution is -0.149. The van der Waals surface area contributed by atoms with Crippen molar-refractivity contribution in [3.8, 4) is 0 Å². The number of aromatic nitrogens is 2. The van der Waals surface area contributed by atoms with Crippen LogP contribution in [0.1, 0.15) is 35.7 Å². The summed E-state index contributed by atoms with van der Waals surface area (Å²) < 4.78 is 15.5. The van der Waals surface area contributed by atoms with Gasteiger partial charge >= 0.3 is 17.9 Å². The zero-order chi connectivity index (χ0) is 25.1.